The van der Waals surface area contributed by atoms with Crippen molar-refractivity contribution in [3.8, 4) is 0 Å². The predicted octanol–water partition coefficient (Wildman–Crippen LogP) is 3.90. The van der Waals surface area contributed by atoms with Gasteiger partial charge in [0, 0.05) is 21.5 Å². The fourth-order valence-corrected chi connectivity index (χ4v) is 5.69. The lowest BCUT2D eigenvalue weighted by atomic mass is 10.3. The van der Waals surface area contributed by atoms with Crippen LogP contribution in [0.15, 0.2) is 27.6 Å². The van der Waals surface area contributed by atoms with Crippen molar-refractivity contribution >= 4 is 32.5 Å². The Morgan fingerprint density at radius 1 is 1.25 bits per heavy atom. The van der Waals surface area contributed by atoms with Crippen molar-refractivity contribution in [3.05, 3.63) is 32.8 Å². The topological polar surface area (TPSA) is 43.1 Å². The smallest absolute Gasteiger partial charge is 0.258 e. The summed E-state index contributed by atoms with van der Waals surface area (Å²) in [5.41, 5.74) is 0.169. The van der Waals surface area contributed by atoms with Gasteiger partial charge in [-0.25, -0.2) is 10.9 Å². The fourth-order valence-electron chi connectivity index (χ4n) is 2.00. The molecule has 0 spiro atoms. The first-order valence-corrected chi connectivity index (χ1v) is 7.88. The van der Waals surface area contributed by atoms with Crippen LogP contribution in [0.4, 0.5) is 5.69 Å². The third-order valence-electron chi connectivity index (χ3n) is 2.84. The number of hydrogen-bond donors (Lipinski definition) is 1. The molecule has 5 heteroatoms. The number of nitrogens with zero attached hydrogens (tertiary/aromatic N) is 1. The van der Waals surface area contributed by atoms with Crippen LogP contribution in [0.1, 0.15) is 19.3 Å². The van der Waals surface area contributed by atoms with Gasteiger partial charge in [0.1, 0.15) is 0 Å². The Bertz CT molecular complexity index is 405. The highest BCUT2D eigenvalue weighted by Crippen LogP contribution is 2.45. The highest BCUT2D eigenvalue weighted by molar-refractivity contribution is 9.10. The molecule has 0 saturated carbocycles. The molecule has 1 aliphatic heterocycles. The van der Waals surface area contributed by atoms with E-state index >= 15 is 0 Å². The molecule has 16 heavy (non-hydrogen) atoms. The molecule has 0 aromatic heterocycles. The van der Waals surface area contributed by atoms with Crippen molar-refractivity contribution in [1.82, 2.24) is 0 Å². The Morgan fingerprint density at radius 3 is 2.50 bits per heavy atom. The molecule has 1 saturated heterocycles. The van der Waals surface area contributed by atoms with Crippen molar-refractivity contribution in [3.63, 3.8) is 0 Å². The lowest BCUT2D eigenvalue weighted by molar-refractivity contribution is -0.385. The molecule has 0 atom stereocenters. The van der Waals surface area contributed by atoms with E-state index in [1.165, 1.54) is 35.7 Å². The minimum atomic E-state index is -0.345. The summed E-state index contributed by atoms with van der Waals surface area (Å²) < 4.78 is 0.912. The van der Waals surface area contributed by atoms with E-state index in [1.807, 2.05) is 6.07 Å². The van der Waals surface area contributed by atoms with E-state index in [0.717, 1.165) is 4.47 Å². The van der Waals surface area contributed by atoms with Crippen LogP contribution < -0.4 is 0 Å². The third kappa shape index (κ3) is 2.58. The fraction of sp³-hybridized carbons (Fsp3) is 0.455. The number of hydrogen-bond acceptors (Lipinski definition) is 2. The molecular weight excluding hydrogens is 290 g/mol. The summed E-state index contributed by atoms with van der Waals surface area (Å²) >= 11 is 3.46. The molecule has 0 N–H and O–H groups in total. The van der Waals surface area contributed by atoms with E-state index in [1.54, 1.807) is 12.1 Å². The van der Waals surface area contributed by atoms with Gasteiger partial charge in [0.05, 0.1) is 4.92 Å². The van der Waals surface area contributed by atoms with Crippen molar-refractivity contribution in [2.75, 3.05) is 11.5 Å². The largest absolute Gasteiger partial charge is 0.270 e. The summed E-state index contributed by atoms with van der Waals surface area (Å²) in [6, 6.07) is 5.18. The van der Waals surface area contributed by atoms with Crippen LogP contribution in [0.2, 0.25) is 0 Å². The van der Waals surface area contributed by atoms with Gasteiger partial charge in [0.15, 0.2) is 0 Å². The molecule has 1 aliphatic rings. The first-order chi connectivity index (χ1) is 7.68. The Balaban J connectivity index is 2.24. The van der Waals surface area contributed by atoms with E-state index < -0.39 is 0 Å². The Labute approximate surface area is 106 Å². The monoisotopic (exact) mass is 303 g/mol. The summed E-state index contributed by atoms with van der Waals surface area (Å²) in [6.07, 6.45) is 3.94. The normalized spacial score (nSPS) is 18.4. The minimum absolute atomic E-state index is 0.0888. The highest BCUT2D eigenvalue weighted by atomic mass is 79.9. The lowest BCUT2D eigenvalue weighted by Gasteiger charge is -2.27. The Kier molecular flexibility index (Phi) is 3.86. The van der Waals surface area contributed by atoms with Gasteiger partial charge < -0.3 is 0 Å². The number of thiol groups is 1. The van der Waals surface area contributed by atoms with Crippen LogP contribution in [0, 0.1) is 10.1 Å². The van der Waals surface area contributed by atoms with E-state index in [2.05, 4.69) is 15.9 Å². The third-order valence-corrected chi connectivity index (χ3v) is 6.58. The molecule has 1 aromatic rings. The molecule has 0 aliphatic carbocycles. The zero-order valence-corrected chi connectivity index (χ0v) is 11.3. The van der Waals surface area contributed by atoms with Crippen LogP contribution in [0.25, 0.3) is 0 Å². The van der Waals surface area contributed by atoms with Crippen LogP contribution in [-0.2, 0) is 0 Å². The summed E-state index contributed by atoms with van der Waals surface area (Å²) in [5, 5.41) is 10.6. The van der Waals surface area contributed by atoms with E-state index in [4.69, 9.17) is 0 Å². The van der Waals surface area contributed by atoms with Crippen molar-refractivity contribution in [2.24, 2.45) is 0 Å². The van der Waals surface area contributed by atoms with Gasteiger partial charge in [-0.1, -0.05) is 6.42 Å². The number of benzene rings is 1. The van der Waals surface area contributed by atoms with Gasteiger partial charge in [0.2, 0.25) is 0 Å². The summed E-state index contributed by atoms with van der Waals surface area (Å²) in [4.78, 5) is 11.6. The average Bonchev–Trinajstić information content (AvgIpc) is 2.30. The quantitative estimate of drug-likeness (QED) is 0.511. The standard InChI is InChI=1S/C11H14BrNO2S/c12-10-8-9(13(14)15)4-5-11(10)16-6-2-1-3-7-16/h4-5,8,16H,1-3,6-7H2. The van der Waals surface area contributed by atoms with Crippen molar-refractivity contribution < 1.29 is 4.92 Å². The van der Waals surface area contributed by atoms with E-state index in [0.29, 0.717) is 0 Å². The van der Waals surface area contributed by atoms with Crippen molar-refractivity contribution in [1.29, 1.82) is 0 Å². The SMILES string of the molecule is O=[N+]([O-])c1ccc([SH]2CCCCC2)c(Br)c1. The molecule has 1 aromatic carbocycles. The van der Waals surface area contributed by atoms with Gasteiger partial charge in [-0.15, -0.1) is 0 Å². The molecule has 1 fully saturated rings. The maximum atomic E-state index is 10.6. The van der Waals surface area contributed by atoms with Crippen LogP contribution in [0.5, 0.6) is 0 Å². The number of nitro groups is 1. The van der Waals surface area contributed by atoms with Crippen LogP contribution in [0.3, 0.4) is 0 Å². The van der Waals surface area contributed by atoms with Gasteiger partial charge in [-0.05, 0) is 46.3 Å². The zero-order chi connectivity index (χ0) is 11.5. The number of nitro benzene ring substituents is 1. The Hall–Kier alpha value is -0.550. The second-order valence-electron chi connectivity index (χ2n) is 3.94. The highest BCUT2D eigenvalue weighted by Gasteiger charge is 2.16. The molecule has 0 radical (unpaired) electrons. The van der Waals surface area contributed by atoms with Gasteiger partial charge in [-0.2, -0.15) is 0 Å². The summed E-state index contributed by atoms with van der Waals surface area (Å²) in [7, 11) is -0.0888. The first-order valence-electron chi connectivity index (χ1n) is 5.37. The van der Waals surface area contributed by atoms with Crippen LogP contribution in [-0.4, -0.2) is 16.4 Å². The molecule has 3 nitrogen and oxygen atoms in total. The molecule has 0 amide bonds. The number of halogens is 1. The maximum Gasteiger partial charge on any atom is 0.270 e. The Morgan fingerprint density at radius 2 is 1.94 bits per heavy atom. The second-order valence-corrected chi connectivity index (χ2v) is 7.25. The molecule has 88 valence electrons. The molecule has 0 bridgehead atoms. The number of non-ortho nitro benzene ring substituents is 1. The first kappa shape index (κ1) is 11.9. The van der Waals surface area contributed by atoms with E-state index in [-0.39, 0.29) is 21.5 Å². The van der Waals surface area contributed by atoms with E-state index in [9.17, 15) is 10.1 Å². The minimum Gasteiger partial charge on any atom is -0.258 e. The second kappa shape index (κ2) is 5.19. The van der Waals surface area contributed by atoms with Crippen molar-refractivity contribution in [2.45, 2.75) is 24.2 Å². The molecule has 2 rings (SSSR count). The number of rotatable bonds is 2. The molecule has 0 unspecified atom stereocenters. The molecular formula is C11H14BrNO2S. The van der Waals surface area contributed by atoms with Gasteiger partial charge in [-0.3, -0.25) is 10.1 Å². The summed E-state index contributed by atoms with van der Waals surface area (Å²) in [6.45, 7) is 0. The van der Waals surface area contributed by atoms with Gasteiger partial charge >= 0.3 is 0 Å². The zero-order valence-electron chi connectivity index (χ0n) is 8.86. The van der Waals surface area contributed by atoms with Crippen LogP contribution >= 0.6 is 26.8 Å². The lowest BCUT2D eigenvalue weighted by Crippen LogP contribution is -2.03. The van der Waals surface area contributed by atoms with Gasteiger partial charge in [0.25, 0.3) is 5.69 Å². The average molecular weight is 304 g/mol. The predicted molar refractivity (Wildman–Crippen MR) is 71.6 cm³/mol. The maximum absolute atomic E-state index is 10.6. The summed E-state index contributed by atoms with van der Waals surface area (Å²) in [5.74, 6) is 2.54. The molecule has 1 heterocycles.